The fraction of sp³-hybridized carbons (Fsp3) is 0.379. The number of hydrogen-bond donors (Lipinski definition) is 0. The van der Waals surface area contributed by atoms with E-state index in [0.29, 0.717) is 12.1 Å². The number of pyridine rings is 1. The largest absolute Gasteiger partial charge is 0.308 e. The summed E-state index contributed by atoms with van der Waals surface area (Å²) in [6, 6.07) is 22.4. The van der Waals surface area contributed by atoms with Gasteiger partial charge < -0.3 is 4.57 Å². The van der Waals surface area contributed by atoms with E-state index in [-0.39, 0.29) is 5.56 Å². The van der Waals surface area contributed by atoms with E-state index >= 15 is 0 Å². The lowest BCUT2D eigenvalue weighted by Gasteiger charge is -2.26. The van der Waals surface area contributed by atoms with Crippen LogP contribution in [0.5, 0.6) is 0 Å². The highest BCUT2D eigenvalue weighted by molar-refractivity contribution is 5.70. The smallest absolute Gasteiger partial charge is 0.255 e. The molecule has 1 saturated heterocycles. The van der Waals surface area contributed by atoms with Crippen LogP contribution < -0.4 is 5.56 Å². The molecule has 2 aromatic carbocycles. The molecule has 0 unspecified atom stereocenters. The van der Waals surface area contributed by atoms with Crippen LogP contribution in [0.1, 0.15) is 61.4 Å². The maximum Gasteiger partial charge on any atom is 0.255 e. The SMILES string of the molecule is CCCCc1ccc(CN2CCCCC2)c(=O)n1Cc1ccc(-c2ccccc2C#N)cc1. The zero-order valence-electron chi connectivity index (χ0n) is 19.6. The Bertz CT molecular complexity index is 1160. The average molecular weight is 440 g/mol. The first kappa shape index (κ1) is 23.0. The maximum atomic E-state index is 13.5. The van der Waals surface area contributed by atoms with Crippen LogP contribution in [-0.2, 0) is 19.5 Å². The molecule has 0 amide bonds. The van der Waals surface area contributed by atoms with Crippen LogP contribution >= 0.6 is 0 Å². The highest BCUT2D eigenvalue weighted by Crippen LogP contribution is 2.24. The van der Waals surface area contributed by atoms with Gasteiger partial charge in [0.25, 0.3) is 5.56 Å². The van der Waals surface area contributed by atoms with Gasteiger partial charge in [-0.25, -0.2) is 0 Å². The van der Waals surface area contributed by atoms with Gasteiger partial charge in [0.1, 0.15) is 0 Å². The van der Waals surface area contributed by atoms with E-state index in [9.17, 15) is 10.1 Å². The number of unbranched alkanes of at least 4 members (excludes halogenated alkanes) is 1. The van der Waals surface area contributed by atoms with Gasteiger partial charge in [-0.1, -0.05) is 68.3 Å². The van der Waals surface area contributed by atoms with Crippen molar-refractivity contribution in [3.8, 4) is 17.2 Å². The Hall–Kier alpha value is -3.16. The molecule has 0 radical (unpaired) electrons. The van der Waals surface area contributed by atoms with Crippen LogP contribution in [0.2, 0.25) is 0 Å². The van der Waals surface area contributed by atoms with Crippen molar-refractivity contribution in [1.29, 1.82) is 5.26 Å². The number of hydrogen-bond acceptors (Lipinski definition) is 3. The van der Waals surface area contributed by atoms with Crippen LogP contribution in [0.3, 0.4) is 0 Å². The standard InChI is InChI=1S/C29H33N3O/c1-2-3-10-27-17-16-26(22-31-18-7-4-8-19-31)29(33)32(27)21-23-12-14-24(15-13-23)28-11-6-5-9-25(28)20-30/h5-6,9,11-17H,2-4,7-8,10,18-19,21-22H2,1H3. The third-order valence-corrected chi connectivity index (χ3v) is 6.63. The van der Waals surface area contributed by atoms with Gasteiger partial charge in [-0.15, -0.1) is 0 Å². The van der Waals surface area contributed by atoms with Crippen molar-refractivity contribution < 1.29 is 0 Å². The molecular weight excluding hydrogens is 406 g/mol. The van der Waals surface area contributed by atoms with E-state index < -0.39 is 0 Å². The molecule has 0 N–H and O–H groups in total. The van der Waals surface area contributed by atoms with Gasteiger partial charge in [0.05, 0.1) is 18.2 Å². The third kappa shape index (κ3) is 5.61. The first-order valence-corrected chi connectivity index (χ1v) is 12.2. The van der Waals surface area contributed by atoms with Crippen LogP contribution in [0.25, 0.3) is 11.1 Å². The lowest BCUT2D eigenvalue weighted by molar-refractivity contribution is 0.219. The fourth-order valence-corrected chi connectivity index (χ4v) is 4.69. The second-order valence-corrected chi connectivity index (χ2v) is 9.04. The zero-order chi connectivity index (χ0) is 23.0. The Labute approximate surface area is 197 Å². The van der Waals surface area contributed by atoms with Gasteiger partial charge in [-0.2, -0.15) is 5.26 Å². The van der Waals surface area contributed by atoms with Crippen LogP contribution in [0.15, 0.2) is 65.5 Å². The molecular formula is C29H33N3O. The second-order valence-electron chi connectivity index (χ2n) is 9.04. The predicted molar refractivity (Wildman–Crippen MR) is 134 cm³/mol. The van der Waals surface area contributed by atoms with E-state index in [2.05, 4.69) is 54.3 Å². The molecule has 4 rings (SSSR count). The number of likely N-dealkylation sites (tertiary alicyclic amines) is 1. The molecule has 0 aliphatic carbocycles. The van der Waals surface area contributed by atoms with E-state index in [4.69, 9.17) is 0 Å². The average Bonchev–Trinajstić information content (AvgIpc) is 2.87. The third-order valence-electron chi connectivity index (χ3n) is 6.63. The summed E-state index contributed by atoms with van der Waals surface area (Å²) >= 11 is 0. The summed E-state index contributed by atoms with van der Waals surface area (Å²) in [5.41, 5.74) is 5.90. The summed E-state index contributed by atoms with van der Waals surface area (Å²) in [6.45, 7) is 5.68. The van der Waals surface area contributed by atoms with Crippen molar-refractivity contribution in [2.75, 3.05) is 13.1 Å². The minimum atomic E-state index is 0.146. The van der Waals surface area contributed by atoms with Crippen molar-refractivity contribution in [3.05, 3.63) is 93.4 Å². The maximum absolute atomic E-state index is 13.5. The van der Waals surface area contributed by atoms with Gasteiger partial charge in [-0.3, -0.25) is 9.69 Å². The van der Waals surface area contributed by atoms with Gasteiger partial charge >= 0.3 is 0 Å². The number of rotatable bonds is 8. The number of aromatic nitrogens is 1. The topological polar surface area (TPSA) is 49.0 Å². The molecule has 1 aliphatic rings. The Kier molecular flexibility index (Phi) is 7.75. The monoisotopic (exact) mass is 439 g/mol. The normalized spacial score (nSPS) is 14.2. The van der Waals surface area contributed by atoms with Crippen molar-refractivity contribution >= 4 is 0 Å². The summed E-state index contributed by atoms with van der Waals surface area (Å²) in [5, 5.41) is 9.41. The van der Waals surface area contributed by atoms with E-state index in [0.717, 1.165) is 66.8 Å². The number of benzene rings is 2. The fourth-order valence-electron chi connectivity index (χ4n) is 4.69. The molecule has 3 aromatic rings. The highest BCUT2D eigenvalue weighted by Gasteiger charge is 2.15. The molecule has 0 bridgehead atoms. The van der Waals surface area contributed by atoms with Crippen LogP contribution in [0, 0.1) is 11.3 Å². The first-order valence-electron chi connectivity index (χ1n) is 12.2. The minimum absolute atomic E-state index is 0.146. The van der Waals surface area contributed by atoms with Crippen molar-refractivity contribution in [3.63, 3.8) is 0 Å². The number of aryl methyl sites for hydroxylation is 1. The lowest BCUT2D eigenvalue weighted by atomic mass is 9.99. The van der Waals surface area contributed by atoms with Crippen LogP contribution in [-0.4, -0.2) is 22.6 Å². The van der Waals surface area contributed by atoms with Gasteiger partial charge in [0.2, 0.25) is 0 Å². The molecule has 0 saturated carbocycles. The van der Waals surface area contributed by atoms with E-state index in [1.165, 1.54) is 19.3 Å². The Balaban J connectivity index is 1.60. The Morgan fingerprint density at radius 3 is 2.39 bits per heavy atom. The molecule has 0 atom stereocenters. The Morgan fingerprint density at radius 1 is 0.909 bits per heavy atom. The highest BCUT2D eigenvalue weighted by atomic mass is 16.1. The molecule has 2 heterocycles. The first-order chi connectivity index (χ1) is 16.2. The number of nitriles is 1. The van der Waals surface area contributed by atoms with Crippen molar-refractivity contribution in [2.24, 2.45) is 0 Å². The van der Waals surface area contributed by atoms with Crippen LogP contribution in [0.4, 0.5) is 0 Å². The molecule has 4 heteroatoms. The minimum Gasteiger partial charge on any atom is -0.308 e. The zero-order valence-corrected chi connectivity index (χ0v) is 19.6. The summed E-state index contributed by atoms with van der Waals surface area (Å²) < 4.78 is 1.98. The quantitative estimate of drug-likeness (QED) is 0.448. The van der Waals surface area contributed by atoms with Gasteiger partial charge in [0, 0.05) is 17.8 Å². The summed E-state index contributed by atoms with van der Waals surface area (Å²) in [4.78, 5) is 15.9. The molecule has 170 valence electrons. The lowest BCUT2D eigenvalue weighted by Crippen LogP contribution is -2.34. The van der Waals surface area contributed by atoms with Crippen molar-refractivity contribution in [1.82, 2.24) is 9.47 Å². The Morgan fingerprint density at radius 2 is 1.67 bits per heavy atom. The molecule has 0 spiro atoms. The summed E-state index contributed by atoms with van der Waals surface area (Å²) in [6.07, 6.45) is 6.86. The van der Waals surface area contributed by atoms with E-state index in [1.807, 2.05) is 28.8 Å². The van der Waals surface area contributed by atoms with E-state index in [1.54, 1.807) is 0 Å². The molecule has 1 fully saturated rings. The summed E-state index contributed by atoms with van der Waals surface area (Å²) in [7, 11) is 0. The van der Waals surface area contributed by atoms with Crippen molar-refractivity contribution in [2.45, 2.75) is 58.5 Å². The molecule has 1 aromatic heterocycles. The predicted octanol–water partition coefficient (Wildman–Crippen LogP) is 5.76. The van der Waals surface area contributed by atoms with Gasteiger partial charge in [-0.05, 0) is 67.6 Å². The molecule has 33 heavy (non-hydrogen) atoms. The molecule has 1 aliphatic heterocycles. The second kappa shape index (κ2) is 11.1. The number of piperidine rings is 1. The summed E-state index contributed by atoms with van der Waals surface area (Å²) in [5.74, 6) is 0. The van der Waals surface area contributed by atoms with Gasteiger partial charge in [0.15, 0.2) is 0 Å². The number of nitrogens with zero attached hydrogens (tertiary/aromatic N) is 3. The molecule has 4 nitrogen and oxygen atoms in total.